The van der Waals surface area contributed by atoms with Crippen LogP contribution >= 0.6 is 0 Å². The van der Waals surface area contributed by atoms with E-state index in [1.165, 1.54) is 82.7 Å². The summed E-state index contributed by atoms with van der Waals surface area (Å²) in [6.07, 6.45) is 0. The van der Waals surface area contributed by atoms with Gasteiger partial charge in [-0.2, -0.15) is 0 Å². The van der Waals surface area contributed by atoms with Crippen LogP contribution in [0.2, 0.25) is 0 Å². The highest BCUT2D eigenvalue weighted by atomic mass is 15.1. The number of nitrogens with zero attached hydrogens (tertiary/aromatic N) is 1. The van der Waals surface area contributed by atoms with E-state index in [1.807, 2.05) is 0 Å². The third-order valence-corrected chi connectivity index (χ3v) is 13.5. The Labute approximate surface area is 404 Å². The molecule has 0 saturated heterocycles. The molecule has 0 aromatic heterocycles. The van der Waals surface area contributed by atoms with E-state index in [2.05, 4.69) is 290 Å². The summed E-state index contributed by atoms with van der Waals surface area (Å²) in [6, 6.07) is 104. The van der Waals surface area contributed by atoms with Crippen LogP contribution in [0.5, 0.6) is 0 Å². The maximum atomic E-state index is 2.48. The van der Waals surface area contributed by atoms with Crippen molar-refractivity contribution in [2.75, 3.05) is 4.90 Å². The van der Waals surface area contributed by atoms with Gasteiger partial charge in [-0.25, -0.2) is 0 Å². The van der Waals surface area contributed by atoms with Crippen molar-refractivity contribution < 1.29 is 0 Å². The molecule has 0 saturated carbocycles. The minimum absolute atomic E-state index is 1.06. The molecule has 0 spiro atoms. The predicted molar refractivity (Wildman–Crippen MR) is 294 cm³/mol. The quantitative estimate of drug-likeness (QED) is 0.132. The van der Waals surface area contributed by atoms with Crippen LogP contribution in [0.4, 0.5) is 17.1 Å². The molecule has 0 aliphatic heterocycles. The van der Waals surface area contributed by atoms with Gasteiger partial charge < -0.3 is 4.90 Å². The summed E-state index contributed by atoms with van der Waals surface area (Å²) in [5.74, 6) is 0. The zero-order valence-electron chi connectivity index (χ0n) is 38.1. The number of anilines is 3. The van der Waals surface area contributed by atoms with Crippen LogP contribution in [0.25, 0.3) is 99.4 Å². The second-order valence-corrected chi connectivity index (χ2v) is 17.6. The summed E-state index contributed by atoms with van der Waals surface area (Å²) in [5.41, 5.74) is 19.9. The Hall–Kier alpha value is -9.04. The fraction of sp³-hybridized carbons (Fsp3) is 0. The molecule has 1 heteroatoms. The maximum absolute atomic E-state index is 2.48. The summed E-state index contributed by atoms with van der Waals surface area (Å²) in [5, 5.41) is 4.88. The highest BCUT2D eigenvalue weighted by Crippen LogP contribution is 2.49. The first kappa shape index (κ1) is 41.4. The molecular weight excluding hydrogens is 831 g/mol. The van der Waals surface area contributed by atoms with E-state index in [9.17, 15) is 0 Å². The van der Waals surface area contributed by atoms with Crippen molar-refractivity contribution in [3.05, 3.63) is 285 Å². The highest BCUT2D eigenvalue weighted by molar-refractivity contribution is 6.11. The molecule has 0 fully saturated rings. The first-order valence-corrected chi connectivity index (χ1v) is 23.8. The first-order valence-electron chi connectivity index (χ1n) is 23.8. The monoisotopic (exact) mass is 877 g/mol. The van der Waals surface area contributed by atoms with Crippen molar-refractivity contribution in [3.63, 3.8) is 0 Å². The minimum Gasteiger partial charge on any atom is -0.309 e. The zero-order chi connectivity index (χ0) is 45.9. The molecule has 69 heavy (non-hydrogen) atoms. The van der Waals surface area contributed by atoms with Crippen LogP contribution in [0.3, 0.4) is 0 Å². The Kier molecular flexibility index (Phi) is 11.0. The van der Waals surface area contributed by atoms with E-state index < -0.39 is 0 Å². The number of benzene rings is 12. The van der Waals surface area contributed by atoms with Gasteiger partial charge >= 0.3 is 0 Å². The smallest absolute Gasteiger partial charge is 0.0540 e. The minimum atomic E-state index is 1.06. The Balaban J connectivity index is 1.07. The lowest BCUT2D eigenvalue weighted by atomic mass is 9.89. The highest BCUT2D eigenvalue weighted by Gasteiger charge is 2.23. The molecule has 1 nitrogen and oxygen atoms in total. The van der Waals surface area contributed by atoms with Crippen molar-refractivity contribution in [1.82, 2.24) is 0 Å². The number of rotatable bonds is 10. The van der Waals surface area contributed by atoms with Gasteiger partial charge in [-0.15, -0.1) is 0 Å². The van der Waals surface area contributed by atoms with Gasteiger partial charge in [0.15, 0.2) is 0 Å². The van der Waals surface area contributed by atoms with Crippen molar-refractivity contribution in [3.8, 4) is 77.9 Å². The Morgan fingerprint density at radius 2 is 0.536 bits per heavy atom. The molecule has 0 aliphatic rings. The molecule has 12 aromatic rings. The summed E-state index contributed by atoms with van der Waals surface area (Å²) < 4.78 is 0. The number of hydrogen-bond donors (Lipinski definition) is 0. The summed E-state index contributed by atoms with van der Waals surface area (Å²) in [6.45, 7) is 0. The summed E-state index contributed by atoms with van der Waals surface area (Å²) in [4.78, 5) is 2.48. The van der Waals surface area contributed by atoms with E-state index >= 15 is 0 Å². The molecule has 0 N–H and O–H groups in total. The molecule has 0 bridgehead atoms. The van der Waals surface area contributed by atoms with Crippen molar-refractivity contribution in [2.24, 2.45) is 0 Å². The number of hydrogen-bond acceptors (Lipinski definition) is 1. The second kappa shape index (κ2) is 18.3. The normalized spacial score (nSPS) is 11.2. The van der Waals surface area contributed by atoms with Crippen LogP contribution in [-0.2, 0) is 0 Å². The Morgan fingerprint density at radius 1 is 0.188 bits per heavy atom. The van der Waals surface area contributed by atoms with Crippen LogP contribution in [0.15, 0.2) is 285 Å². The predicted octanol–water partition coefficient (Wildman–Crippen LogP) is 19.1. The fourth-order valence-electron chi connectivity index (χ4n) is 10.3. The molecule has 0 atom stereocenters. The van der Waals surface area contributed by atoms with Crippen molar-refractivity contribution in [2.45, 2.75) is 0 Å². The van der Waals surface area contributed by atoms with E-state index in [-0.39, 0.29) is 0 Å². The van der Waals surface area contributed by atoms with Crippen LogP contribution in [0.1, 0.15) is 0 Å². The molecule has 0 amide bonds. The standard InChI is InChI=1S/C68H47N/c1-5-21-49(22-6-1)57-46-43-55(47-64(57)52-27-11-4-12-28-52)48-41-44-56(45-42-48)69(65-39-15-13-33-60(65)62-37-19-31-53-29-17-35-58(67(53)62)50-23-7-2-8-24-50)66-40-16-14-34-61(66)63-38-20-32-54-30-18-36-59(68(54)63)51-25-9-3-10-26-51/h1-47H. The largest absolute Gasteiger partial charge is 0.309 e. The maximum Gasteiger partial charge on any atom is 0.0540 e. The van der Waals surface area contributed by atoms with Gasteiger partial charge in [-0.1, -0.05) is 255 Å². The number of para-hydroxylation sites is 2. The lowest BCUT2D eigenvalue weighted by Gasteiger charge is -2.30. The average Bonchev–Trinajstić information content (AvgIpc) is 3.44. The van der Waals surface area contributed by atoms with Crippen molar-refractivity contribution >= 4 is 38.6 Å². The molecule has 0 unspecified atom stereocenters. The first-order chi connectivity index (χ1) is 34.3. The SMILES string of the molecule is c1ccc(-c2ccc(-c3ccc(N(c4ccccc4-c4cccc5cccc(-c6ccccc6)c45)c4ccccc4-c4cccc5cccc(-c6ccccc6)c45)cc3)cc2-c2ccccc2)cc1. The molecule has 12 aromatic carbocycles. The van der Waals surface area contributed by atoms with Gasteiger partial charge in [-0.05, 0) is 119 Å². The lowest BCUT2D eigenvalue weighted by molar-refractivity contribution is 1.29. The van der Waals surface area contributed by atoms with Gasteiger partial charge in [0.05, 0.1) is 11.4 Å². The van der Waals surface area contributed by atoms with E-state index in [4.69, 9.17) is 0 Å². The van der Waals surface area contributed by atoms with Crippen molar-refractivity contribution in [1.29, 1.82) is 0 Å². The number of fused-ring (bicyclic) bond motifs is 2. The van der Waals surface area contributed by atoms with Crippen LogP contribution in [-0.4, -0.2) is 0 Å². The van der Waals surface area contributed by atoms with E-state index in [0.717, 1.165) is 33.8 Å². The molecule has 0 aliphatic carbocycles. The third-order valence-electron chi connectivity index (χ3n) is 13.5. The summed E-state index contributed by atoms with van der Waals surface area (Å²) in [7, 11) is 0. The van der Waals surface area contributed by atoms with Crippen LogP contribution < -0.4 is 4.90 Å². The second-order valence-electron chi connectivity index (χ2n) is 17.6. The van der Waals surface area contributed by atoms with E-state index in [0.29, 0.717) is 0 Å². The average molecular weight is 878 g/mol. The van der Waals surface area contributed by atoms with Gasteiger partial charge in [0.2, 0.25) is 0 Å². The molecule has 12 rings (SSSR count). The van der Waals surface area contributed by atoms with Gasteiger partial charge in [0, 0.05) is 16.8 Å². The molecular formula is C68H47N. The van der Waals surface area contributed by atoms with Gasteiger partial charge in [0.1, 0.15) is 0 Å². The zero-order valence-corrected chi connectivity index (χ0v) is 38.1. The lowest BCUT2D eigenvalue weighted by Crippen LogP contribution is -2.12. The molecule has 0 heterocycles. The fourth-order valence-corrected chi connectivity index (χ4v) is 10.3. The molecule has 0 radical (unpaired) electrons. The topological polar surface area (TPSA) is 3.24 Å². The van der Waals surface area contributed by atoms with E-state index in [1.54, 1.807) is 0 Å². The Morgan fingerprint density at radius 3 is 0.986 bits per heavy atom. The third kappa shape index (κ3) is 7.86. The molecule has 324 valence electrons. The Bertz CT molecular complexity index is 3570. The van der Waals surface area contributed by atoms with Gasteiger partial charge in [-0.3, -0.25) is 0 Å². The van der Waals surface area contributed by atoms with Crippen LogP contribution in [0, 0.1) is 0 Å². The van der Waals surface area contributed by atoms with Gasteiger partial charge in [0.25, 0.3) is 0 Å². The summed E-state index contributed by atoms with van der Waals surface area (Å²) >= 11 is 0.